The van der Waals surface area contributed by atoms with Gasteiger partial charge in [0.05, 0.1) is 5.52 Å². The molecule has 0 saturated carbocycles. The zero-order valence-electron chi connectivity index (χ0n) is 20.9. The number of para-hydroxylation sites is 1. The largest absolute Gasteiger partial charge is 0.356 e. The molecular formula is C36H26N2. The van der Waals surface area contributed by atoms with Crippen LogP contribution in [0.25, 0.3) is 55.2 Å². The average molecular weight is 487 g/mol. The van der Waals surface area contributed by atoms with Gasteiger partial charge in [0.1, 0.15) is 0 Å². The maximum atomic E-state index is 3.66. The van der Waals surface area contributed by atoms with Crippen LogP contribution in [-0.4, -0.2) is 4.98 Å². The summed E-state index contributed by atoms with van der Waals surface area (Å²) in [6.07, 6.45) is 0. The van der Waals surface area contributed by atoms with Crippen LogP contribution >= 0.6 is 0 Å². The van der Waals surface area contributed by atoms with Gasteiger partial charge in [-0.3, -0.25) is 0 Å². The number of hydrogen-bond donors (Lipinski definition) is 2. The normalized spacial score (nSPS) is 11.2. The van der Waals surface area contributed by atoms with Gasteiger partial charge in [0.25, 0.3) is 0 Å². The summed E-state index contributed by atoms with van der Waals surface area (Å²) in [5, 5.41) is 6.04. The molecule has 1 aromatic heterocycles. The van der Waals surface area contributed by atoms with Crippen LogP contribution in [0.4, 0.5) is 11.4 Å². The van der Waals surface area contributed by atoms with E-state index in [2.05, 4.69) is 150 Å². The van der Waals surface area contributed by atoms with E-state index in [1.165, 1.54) is 49.7 Å². The minimum Gasteiger partial charge on any atom is -0.356 e. The summed E-state index contributed by atoms with van der Waals surface area (Å²) in [5.74, 6) is 0. The van der Waals surface area contributed by atoms with Crippen molar-refractivity contribution in [2.75, 3.05) is 5.32 Å². The Kier molecular flexibility index (Phi) is 5.49. The first-order valence-corrected chi connectivity index (χ1v) is 12.9. The molecule has 0 aliphatic heterocycles. The SMILES string of the molecule is c1ccc(-c2ccc(Nc3ccc(-c4cc(-c5ccccc5)c5[nH]c6ccccc6c5c4)cc3)cc2)cc1. The number of rotatable bonds is 5. The second-order valence-electron chi connectivity index (χ2n) is 9.63. The van der Waals surface area contributed by atoms with Gasteiger partial charge in [0.15, 0.2) is 0 Å². The first-order valence-electron chi connectivity index (χ1n) is 12.9. The van der Waals surface area contributed by atoms with E-state index in [-0.39, 0.29) is 0 Å². The van der Waals surface area contributed by atoms with Crippen LogP contribution in [0.15, 0.2) is 146 Å². The lowest BCUT2D eigenvalue weighted by Crippen LogP contribution is -1.90. The molecule has 6 aromatic carbocycles. The van der Waals surface area contributed by atoms with Crippen molar-refractivity contribution in [1.82, 2.24) is 4.98 Å². The Bertz CT molecular complexity index is 1850. The Balaban J connectivity index is 1.22. The molecule has 0 spiro atoms. The zero-order valence-corrected chi connectivity index (χ0v) is 20.9. The van der Waals surface area contributed by atoms with Crippen molar-refractivity contribution in [1.29, 1.82) is 0 Å². The van der Waals surface area contributed by atoms with Crippen LogP contribution in [0.5, 0.6) is 0 Å². The van der Waals surface area contributed by atoms with E-state index in [9.17, 15) is 0 Å². The summed E-state index contributed by atoms with van der Waals surface area (Å²) in [4.78, 5) is 3.66. The second kappa shape index (κ2) is 9.42. The smallest absolute Gasteiger partial charge is 0.0544 e. The van der Waals surface area contributed by atoms with Crippen molar-refractivity contribution in [3.8, 4) is 33.4 Å². The van der Waals surface area contributed by atoms with E-state index in [4.69, 9.17) is 0 Å². The Hall–Kier alpha value is -5.08. The summed E-state index contributed by atoms with van der Waals surface area (Å²) in [7, 11) is 0. The van der Waals surface area contributed by atoms with Gasteiger partial charge in [0.2, 0.25) is 0 Å². The van der Waals surface area contributed by atoms with Crippen molar-refractivity contribution in [2.45, 2.75) is 0 Å². The monoisotopic (exact) mass is 486 g/mol. The molecule has 7 aromatic rings. The van der Waals surface area contributed by atoms with Gasteiger partial charge in [-0.05, 0) is 70.3 Å². The van der Waals surface area contributed by atoms with E-state index in [1.54, 1.807) is 0 Å². The standard InChI is InChI=1S/C36H26N2/c1-3-9-25(10-4-1)26-15-19-30(20-16-26)37-31-21-17-27(18-22-31)29-23-33(28-11-5-2-6-12-28)36-34(24-29)32-13-7-8-14-35(32)38-36/h1-24,37-38H. The van der Waals surface area contributed by atoms with Gasteiger partial charge in [-0.25, -0.2) is 0 Å². The molecule has 0 aliphatic carbocycles. The maximum absolute atomic E-state index is 3.66. The molecule has 0 amide bonds. The van der Waals surface area contributed by atoms with Crippen LogP contribution in [-0.2, 0) is 0 Å². The van der Waals surface area contributed by atoms with Gasteiger partial charge in [-0.2, -0.15) is 0 Å². The van der Waals surface area contributed by atoms with Crippen LogP contribution < -0.4 is 5.32 Å². The fourth-order valence-corrected chi connectivity index (χ4v) is 5.25. The molecule has 0 aliphatic rings. The molecule has 7 rings (SSSR count). The molecule has 0 bridgehead atoms. The topological polar surface area (TPSA) is 27.8 Å². The highest BCUT2D eigenvalue weighted by molar-refractivity contribution is 6.13. The number of hydrogen-bond acceptors (Lipinski definition) is 1. The predicted octanol–water partition coefficient (Wildman–Crippen LogP) is 10.1. The summed E-state index contributed by atoms with van der Waals surface area (Å²) in [6.45, 7) is 0. The fraction of sp³-hybridized carbons (Fsp3) is 0. The Morgan fingerprint density at radius 2 is 0.921 bits per heavy atom. The molecule has 2 N–H and O–H groups in total. The number of anilines is 2. The van der Waals surface area contributed by atoms with E-state index < -0.39 is 0 Å². The summed E-state index contributed by atoms with van der Waals surface area (Å²) < 4.78 is 0. The van der Waals surface area contributed by atoms with Crippen LogP contribution in [0.2, 0.25) is 0 Å². The number of nitrogens with one attached hydrogen (secondary N) is 2. The highest BCUT2D eigenvalue weighted by Crippen LogP contribution is 2.37. The molecule has 180 valence electrons. The van der Waals surface area contributed by atoms with Crippen molar-refractivity contribution < 1.29 is 0 Å². The van der Waals surface area contributed by atoms with Crippen molar-refractivity contribution in [3.05, 3.63) is 146 Å². The van der Waals surface area contributed by atoms with Crippen molar-refractivity contribution in [2.24, 2.45) is 0 Å². The summed E-state index contributed by atoms with van der Waals surface area (Å²) in [5.41, 5.74) is 11.8. The highest BCUT2D eigenvalue weighted by atomic mass is 14.9. The Morgan fingerprint density at radius 3 is 1.58 bits per heavy atom. The van der Waals surface area contributed by atoms with E-state index in [0.29, 0.717) is 0 Å². The third-order valence-corrected chi connectivity index (χ3v) is 7.20. The fourth-order valence-electron chi connectivity index (χ4n) is 5.25. The number of aromatic amines is 1. The predicted molar refractivity (Wildman–Crippen MR) is 162 cm³/mol. The second-order valence-corrected chi connectivity index (χ2v) is 9.63. The Labute approximate surface area is 222 Å². The molecule has 0 fully saturated rings. The molecule has 0 atom stereocenters. The van der Waals surface area contributed by atoms with Crippen LogP contribution in [0.3, 0.4) is 0 Å². The highest BCUT2D eigenvalue weighted by Gasteiger charge is 2.13. The number of fused-ring (bicyclic) bond motifs is 3. The van der Waals surface area contributed by atoms with Crippen molar-refractivity contribution in [3.63, 3.8) is 0 Å². The molecular weight excluding hydrogens is 460 g/mol. The first-order chi connectivity index (χ1) is 18.8. The number of benzene rings is 6. The maximum Gasteiger partial charge on any atom is 0.0544 e. The molecule has 0 unspecified atom stereocenters. The first kappa shape index (κ1) is 22.1. The van der Waals surface area contributed by atoms with Gasteiger partial charge in [-0.15, -0.1) is 0 Å². The lowest BCUT2D eigenvalue weighted by Gasteiger charge is -2.11. The molecule has 0 saturated heterocycles. The van der Waals surface area contributed by atoms with Crippen LogP contribution in [0.1, 0.15) is 0 Å². The third-order valence-electron chi connectivity index (χ3n) is 7.20. The molecule has 1 heterocycles. The summed E-state index contributed by atoms with van der Waals surface area (Å²) >= 11 is 0. The average Bonchev–Trinajstić information content (AvgIpc) is 3.37. The summed E-state index contributed by atoms with van der Waals surface area (Å²) in [6, 6.07) is 51.5. The van der Waals surface area contributed by atoms with Gasteiger partial charge >= 0.3 is 0 Å². The minimum absolute atomic E-state index is 1.07. The van der Waals surface area contributed by atoms with E-state index in [0.717, 1.165) is 16.9 Å². The van der Waals surface area contributed by atoms with Gasteiger partial charge < -0.3 is 10.3 Å². The minimum atomic E-state index is 1.07. The number of aromatic nitrogens is 1. The third kappa shape index (κ3) is 4.12. The van der Waals surface area contributed by atoms with Gasteiger partial charge in [0, 0.05) is 33.2 Å². The van der Waals surface area contributed by atoms with Crippen molar-refractivity contribution >= 4 is 33.2 Å². The van der Waals surface area contributed by atoms with E-state index >= 15 is 0 Å². The lowest BCUT2D eigenvalue weighted by molar-refractivity contribution is 1.52. The quantitative estimate of drug-likeness (QED) is 0.249. The lowest BCUT2D eigenvalue weighted by atomic mass is 9.95. The van der Waals surface area contributed by atoms with Crippen LogP contribution in [0, 0.1) is 0 Å². The molecule has 0 radical (unpaired) electrons. The molecule has 2 nitrogen and oxygen atoms in total. The number of H-pyrrole nitrogens is 1. The van der Waals surface area contributed by atoms with Gasteiger partial charge in [-0.1, -0.05) is 103 Å². The molecule has 2 heteroatoms. The van der Waals surface area contributed by atoms with E-state index in [1.807, 2.05) is 6.07 Å². The molecule has 38 heavy (non-hydrogen) atoms. The zero-order chi connectivity index (χ0) is 25.3. The Morgan fingerprint density at radius 1 is 0.395 bits per heavy atom.